The Kier molecular flexibility index (Phi) is 2.49. The van der Waals surface area contributed by atoms with Crippen LogP contribution >= 0.6 is 0 Å². The fourth-order valence-corrected chi connectivity index (χ4v) is 1.30. The van der Waals surface area contributed by atoms with Crippen molar-refractivity contribution in [2.75, 3.05) is 20.1 Å². The van der Waals surface area contributed by atoms with Gasteiger partial charge in [-0.2, -0.15) is 0 Å². The first-order chi connectivity index (χ1) is 5.04. The lowest BCUT2D eigenvalue weighted by Gasteiger charge is -2.38. The number of hydrogen-bond donors (Lipinski definition) is 3. The molecule has 1 heterocycles. The molecule has 4 heteroatoms. The van der Waals surface area contributed by atoms with Crippen molar-refractivity contribution < 1.29 is 10.2 Å². The summed E-state index contributed by atoms with van der Waals surface area (Å²) >= 11 is 0. The summed E-state index contributed by atoms with van der Waals surface area (Å²) in [4.78, 5) is 2.11. The van der Waals surface area contributed by atoms with Crippen molar-refractivity contribution in [1.29, 1.82) is 0 Å². The Hall–Kier alpha value is -0.160. The Morgan fingerprint density at radius 1 is 1.45 bits per heavy atom. The molecule has 0 aromatic rings. The Bertz CT molecular complexity index is 130. The maximum atomic E-state index is 9.66. The summed E-state index contributed by atoms with van der Waals surface area (Å²) < 4.78 is 0. The van der Waals surface area contributed by atoms with Gasteiger partial charge < -0.3 is 20.8 Å². The van der Waals surface area contributed by atoms with Gasteiger partial charge in [0.2, 0.25) is 0 Å². The maximum Gasteiger partial charge on any atom is 0.131 e. The molecule has 1 fully saturated rings. The molecule has 11 heavy (non-hydrogen) atoms. The van der Waals surface area contributed by atoms with Gasteiger partial charge in [0.1, 0.15) is 11.8 Å². The second-order valence-electron chi connectivity index (χ2n) is 3.35. The molecule has 0 aromatic heterocycles. The third kappa shape index (κ3) is 1.90. The molecular weight excluding hydrogens is 144 g/mol. The van der Waals surface area contributed by atoms with Gasteiger partial charge in [-0.15, -0.1) is 0 Å². The van der Waals surface area contributed by atoms with Crippen LogP contribution in [-0.4, -0.2) is 47.1 Å². The molecule has 66 valence electrons. The normalized spacial score (nSPS) is 28.4. The molecule has 0 amide bonds. The van der Waals surface area contributed by atoms with Gasteiger partial charge in [-0.3, -0.25) is 0 Å². The molecule has 0 aromatic carbocycles. The average molecular weight is 160 g/mol. The minimum Gasteiger partial charge on any atom is -0.386 e. The predicted molar refractivity (Wildman–Crippen MR) is 41.9 cm³/mol. The predicted octanol–water partition coefficient (Wildman–Crippen LogP) is -1.28. The molecule has 0 spiro atoms. The van der Waals surface area contributed by atoms with Gasteiger partial charge in [-0.05, 0) is 19.9 Å². The van der Waals surface area contributed by atoms with Gasteiger partial charge in [0.05, 0.1) is 0 Å². The quantitative estimate of drug-likeness (QED) is 0.418. The van der Waals surface area contributed by atoms with Crippen LogP contribution in [0.5, 0.6) is 0 Å². The van der Waals surface area contributed by atoms with Crippen LogP contribution in [-0.2, 0) is 0 Å². The Morgan fingerprint density at radius 2 is 1.91 bits per heavy atom. The summed E-state index contributed by atoms with van der Waals surface area (Å²) in [5, 5.41) is 18.7. The molecule has 1 rings (SSSR count). The molecule has 1 atom stereocenters. The van der Waals surface area contributed by atoms with Crippen molar-refractivity contribution in [2.45, 2.75) is 24.7 Å². The summed E-state index contributed by atoms with van der Waals surface area (Å²) in [5.74, 6) is 0. The molecule has 1 aliphatic heterocycles. The fourth-order valence-electron chi connectivity index (χ4n) is 1.30. The number of aliphatic hydroxyl groups excluding tert-OH is 1. The van der Waals surface area contributed by atoms with E-state index in [1.54, 1.807) is 0 Å². The number of aliphatic hydroxyl groups is 2. The molecular formula is C7H16N2O2. The highest BCUT2D eigenvalue weighted by molar-refractivity contribution is 4.88. The van der Waals surface area contributed by atoms with Crippen LogP contribution in [0.25, 0.3) is 0 Å². The lowest BCUT2D eigenvalue weighted by Crippen LogP contribution is -2.54. The van der Waals surface area contributed by atoms with Crippen LogP contribution in [0.3, 0.4) is 0 Å². The van der Waals surface area contributed by atoms with Crippen LogP contribution < -0.4 is 5.73 Å². The summed E-state index contributed by atoms with van der Waals surface area (Å²) in [6, 6.07) is 0. The third-order valence-corrected chi connectivity index (χ3v) is 2.40. The van der Waals surface area contributed by atoms with Gasteiger partial charge >= 0.3 is 0 Å². The van der Waals surface area contributed by atoms with E-state index in [1.165, 1.54) is 0 Å². The highest BCUT2D eigenvalue weighted by Crippen LogP contribution is 2.22. The van der Waals surface area contributed by atoms with Gasteiger partial charge in [-0.25, -0.2) is 0 Å². The molecule has 4 N–H and O–H groups in total. The number of hydrogen-bond acceptors (Lipinski definition) is 4. The first-order valence-electron chi connectivity index (χ1n) is 3.89. The number of likely N-dealkylation sites (tertiary alicyclic amines) is 1. The molecule has 0 saturated carbocycles. The highest BCUT2D eigenvalue weighted by atomic mass is 16.3. The third-order valence-electron chi connectivity index (χ3n) is 2.40. The lowest BCUT2D eigenvalue weighted by atomic mass is 9.90. The Morgan fingerprint density at radius 3 is 2.27 bits per heavy atom. The second-order valence-corrected chi connectivity index (χ2v) is 3.35. The minimum atomic E-state index is -1.10. The SMILES string of the molecule is CN1CCC(O)(C(N)O)CC1. The van der Waals surface area contributed by atoms with Crippen LogP contribution in [0, 0.1) is 0 Å². The molecule has 1 aliphatic rings. The average Bonchev–Trinajstić information content (AvgIpc) is 1.95. The van der Waals surface area contributed by atoms with Gasteiger partial charge in [0.25, 0.3) is 0 Å². The molecule has 0 aliphatic carbocycles. The van der Waals surface area contributed by atoms with Crippen LogP contribution in [0.1, 0.15) is 12.8 Å². The zero-order valence-electron chi connectivity index (χ0n) is 6.82. The number of nitrogens with two attached hydrogens (primary N) is 1. The molecule has 1 saturated heterocycles. The van der Waals surface area contributed by atoms with Crippen molar-refractivity contribution in [3.05, 3.63) is 0 Å². The topological polar surface area (TPSA) is 69.7 Å². The van der Waals surface area contributed by atoms with E-state index in [-0.39, 0.29) is 0 Å². The highest BCUT2D eigenvalue weighted by Gasteiger charge is 2.35. The van der Waals surface area contributed by atoms with Crippen LogP contribution in [0.2, 0.25) is 0 Å². The van der Waals surface area contributed by atoms with Crippen molar-refractivity contribution in [3.8, 4) is 0 Å². The smallest absolute Gasteiger partial charge is 0.131 e. The summed E-state index contributed by atoms with van der Waals surface area (Å²) in [7, 11) is 1.99. The number of nitrogens with zero attached hydrogens (tertiary/aromatic N) is 1. The molecule has 1 unspecified atom stereocenters. The van der Waals surface area contributed by atoms with Crippen molar-refractivity contribution in [3.63, 3.8) is 0 Å². The van der Waals surface area contributed by atoms with Gasteiger partial charge in [0, 0.05) is 13.1 Å². The maximum absolute atomic E-state index is 9.66. The first-order valence-corrected chi connectivity index (χ1v) is 3.89. The van der Waals surface area contributed by atoms with E-state index in [4.69, 9.17) is 10.8 Å². The van der Waals surface area contributed by atoms with E-state index in [2.05, 4.69) is 4.90 Å². The van der Waals surface area contributed by atoms with E-state index in [0.717, 1.165) is 13.1 Å². The summed E-state index contributed by atoms with van der Waals surface area (Å²) in [5.41, 5.74) is 4.18. The van der Waals surface area contributed by atoms with E-state index in [9.17, 15) is 5.11 Å². The standard InChI is InChI=1S/C7H16N2O2/c1-9-4-2-7(11,3-5-9)6(8)10/h6,10-11H,2-5,8H2,1H3. The minimum absolute atomic E-state index is 0.557. The van der Waals surface area contributed by atoms with E-state index >= 15 is 0 Å². The number of piperidine rings is 1. The second kappa shape index (κ2) is 3.06. The Labute approximate surface area is 66.6 Å². The van der Waals surface area contributed by atoms with Crippen molar-refractivity contribution >= 4 is 0 Å². The van der Waals surface area contributed by atoms with Crippen molar-refractivity contribution in [2.24, 2.45) is 5.73 Å². The molecule has 4 nitrogen and oxygen atoms in total. The Balaban J connectivity index is 2.48. The largest absolute Gasteiger partial charge is 0.386 e. The summed E-state index contributed by atoms with van der Waals surface area (Å²) in [6.45, 7) is 1.59. The zero-order chi connectivity index (χ0) is 8.48. The van der Waals surface area contributed by atoms with Crippen LogP contribution in [0.15, 0.2) is 0 Å². The van der Waals surface area contributed by atoms with E-state index < -0.39 is 11.8 Å². The first kappa shape index (κ1) is 8.93. The van der Waals surface area contributed by atoms with Crippen LogP contribution in [0.4, 0.5) is 0 Å². The zero-order valence-corrected chi connectivity index (χ0v) is 6.82. The fraction of sp³-hybridized carbons (Fsp3) is 1.00. The monoisotopic (exact) mass is 160 g/mol. The number of rotatable bonds is 1. The van der Waals surface area contributed by atoms with E-state index in [0.29, 0.717) is 12.8 Å². The van der Waals surface area contributed by atoms with Gasteiger partial charge in [-0.1, -0.05) is 0 Å². The van der Waals surface area contributed by atoms with Gasteiger partial charge in [0.15, 0.2) is 0 Å². The summed E-state index contributed by atoms with van der Waals surface area (Å²) in [6.07, 6.45) is 0.0127. The molecule has 0 bridgehead atoms. The van der Waals surface area contributed by atoms with Crippen molar-refractivity contribution in [1.82, 2.24) is 4.90 Å². The van der Waals surface area contributed by atoms with E-state index in [1.807, 2.05) is 7.05 Å². The molecule has 0 radical (unpaired) electrons. The lowest BCUT2D eigenvalue weighted by molar-refractivity contribution is -0.103.